The van der Waals surface area contributed by atoms with E-state index in [2.05, 4.69) is 43.4 Å². The van der Waals surface area contributed by atoms with Crippen molar-refractivity contribution in [1.82, 2.24) is 5.32 Å². The van der Waals surface area contributed by atoms with Crippen molar-refractivity contribution in [3.63, 3.8) is 0 Å². The number of aryl methyl sites for hydroxylation is 1. The van der Waals surface area contributed by atoms with Gasteiger partial charge >= 0.3 is 0 Å². The van der Waals surface area contributed by atoms with Crippen LogP contribution in [0, 0.1) is 6.92 Å². The summed E-state index contributed by atoms with van der Waals surface area (Å²) < 4.78 is 0. The first-order chi connectivity index (χ1) is 8.33. The second-order valence-corrected chi connectivity index (χ2v) is 5.64. The Hall–Kier alpha value is -0.470. The van der Waals surface area contributed by atoms with Crippen LogP contribution in [0.25, 0.3) is 0 Å². The zero-order chi connectivity index (χ0) is 12.3. The fraction of sp³-hybridized carbons (Fsp3) is 0.600. The molecule has 1 nitrogen and oxygen atoms in total. The minimum atomic E-state index is 1.12. The Bertz CT molecular complexity index is 281. The lowest BCUT2D eigenvalue weighted by Crippen LogP contribution is -2.18. The molecule has 1 rings (SSSR count). The topological polar surface area (TPSA) is 12.0 Å². The van der Waals surface area contributed by atoms with Gasteiger partial charge in [-0.15, -0.1) is 11.8 Å². The molecular weight excluding hydrogens is 226 g/mol. The quantitative estimate of drug-likeness (QED) is 0.520. The van der Waals surface area contributed by atoms with Gasteiger partial charge in [-0.1, -0.05) is 43.9 Å². The second-order valence-electron chi connectivity index (χ2n) is 4.47. The van der Waals surface area contributed by atoms with Crippen molar-refractivity contribution in [3.8, 4) is 0 Å². The van der Waals surface area contributed by atoms with E-state index >= 15 is 0 Å². The molecule has 96 valence electrons. The highest BCUT2D eigenvalue weighted by molar-refractivity contribution is 7.99. The number of rotatable bonds is 9. The molecule has 0 spiro atoms. The molecule has 0 aliphatic heterocycles. The van der Waals surface area contributed by atoms with Gasteiger partial charge in [0.1, 0.15) is 0 Å². The highest BCUT2D eigenvalue weighted by Gasteiger charge is 1.93. The SMILES string of the molecule is CCCCCCNCCSc1ccc(C)cc1. The molecule has 0 aromatic heterocycles. The minimum absolute atomic E-state index is 1.12. The van der Waals surface area contributed by atoms with Crippen LogP contribution >= 0.6 is 11.8 Å². The normalized spacial score (nSPS) is 10.7. The van der Waals surface area contributed by atoms with E-state index in [-0.39, 0.29) is 0 Å². The number of nitrogens with one attached hydrogen (secondary N) is 1. The van der Waals surface area contributed by atoms with Gasteiger partial charge < -0.3 is 5.32 Å². The largest absolute Gasteiger partial charge is 0.316 e. The van der Waals surface area contributed by atoms with Crippen LogP contribution in [0.4, 0.5) is 0 Å². The molecule has 0 saturated carbocycles. The first kappa shape index (κ1) is 14.6. The van der Waals surface area contributed by atoms with E-state index in [4.69, 9.17) is 0 Å². The molecule has 1 N–H and O–H groups in total. The van der Waals surface area contributed by atoms with Gasteiger partial charge in [-0.05, 0) is 32.0 Å². The van der Waals surface area contributed by atoms with Crippen LogP contribution in [0.2, 0.25) is 0 Å². The third kappa shape index (κ3) is 7.45. The maximum Gasteiger partial charge on any atom is 0.0106 e. The highest BCUT2D eigenvalue weighted by Crippen LogP contribution is 2.17. The van der Waals surface area contributed by atoms with Crippen LogP contribution in [0.15, 0.2) is 29.2 Å². The summed E-state index contributed by atoms with van der Waals surface area (Å²) >= 11 is 1.93. The van der Waals surface area contributed by atoms with Gasteiger partial charge in [-0.25, -0.2) is 0 Å². The lowest BCUT2D eigenvalue weighted by atomic mass is 10.2. The smallest absolute Gasteiger partial charge is 0.0106 e. The van der Waals surface area contributed by atoms with Crippen molar-refractivity contribution in [2.24, 2.45) is 0 Å². The molecule has 0 saturated heterocycles. The molecule has 0 aliphatic rings. The predicted octanol–water partition coefficient (Wildman–Crippen LogP) is 4.26. The van der Waals surface area contributed by atoms with Gasteiger partial charge in [0.25, 0.3) is 0 Å². The predicted molar refractivity (Wildman–Crippen MR) is 78.9 cm³/mol. The van der Waals surface area contributed by atoms with Crippen LogP contribution in [0.5, 0.6) is 0 Å². The van der Waals surface area contributed by atoms with Crippen molar-refractivity contribution in [2.45, 2.75) is 44.4 Å². The molecule has 0 atom stereocenters. The van der Waals surface area contributed by atoms with Crippen LogP contribution in [0.1, 0.15) is 38.2 Å². The average molecular weight is 251 g/mol. The highest BCUT2D eigenvalue weighted by atomic mass is 32.2. The minimum Gasteiger partial charge on any atom is -0.316 e. The van der Waals surface area contributed by atoms with Gasteiger partial charge in [0.05, 0.1) is 0 Å². The first-order valence-electron chi connectivity index (χ1n) is 6.73. The third-order valence-electron chi connectivity index (χ3n) is 2.78. The molecule has 2 heteroatoms. The Kier molecular flexibility index (Phi) is 8.20. The van der Waals surface area contributed by atoms with Crippen molar-refractivity contribution >= 4 is 11.8 Å². The Balaban J connectivity index is 1.95. The molecular formula is C15H25NS. The monoisotopic (exact) mass is 251 g/mol. The average Bonchev–Trinajstić information content (AvgIpc) is 2.35. The fourth-order valence-corrected chi connectivity index (χ4v) is 2.49. The molecule has 1 aromatic carbocycles. The number of hydrogen-bond donors (Lipinski definition) is 1. The van der Waals surface area contributed by atoms with E-state index in [1.165, 1.54) is 42.7 Å². The summed E-state index contributed by atoms with van der Waals surface area (Å²) in [6, 6.07) is 8.78. The van der Waals surface area contributed by atoms with Gasteiger partial charge in [0.2, 0.25) is 0 Å². The van der Waals surface area contributed by atoms with Crippen molar-refractivity contribution in [1.29, 1.82) is 0 Å². The molecule has 0 unspecified atom stereocenters. The lowest BCUT2D eigenvalue weighted by Gasteiger charge is -2.05. The van der Waals surface area contributed by atoms with Crippen LogP contribution in [-0.2, 0) is 0 Å². The Morgan fingerprint density at radius 3 is 2.47 bits per heavy atom. The van der Waals surface area contributed by atoms with Gasteiger partial charge in [-0.2, -0.15) is 0 Å². The van der Waals surface area contributed by atoms with E-state index in [1.54, 1.807) is 0 Å². The molecule has 0 radical (unpaired) electrons. The van der Waals surface area contributed by atoms with Gasteiger partial charge in [0.15, 0.2) is 0 Å². The summed E-state index contributed by atoms with van der Waals surface area (Å²) in [5, 5.41) is 3.51. The molecule has 0 heterocycles. The second kappa shape index (κ2) is 9.55. The number of hydrogen-bond acceptors (Lipinski definition) is 2. The summed E-state index contributed by atoms with van der Waals surface area (Å²) in [5.74, 6) is 1.16. The van der Waals surface area contributed by atoms with Crippen molar-refractivity contribution in [2.75, 3.05) is 18.8 Å². The van der Waals surface area contributed by atoms with Crippen LogP contribution in [0.3, 0.4) is 0 Å². The zero-order valence-electron chi connectivity index (χ0n) is 11.2. The Morgan fingerprint density at radius 1 is 1.00 bits per heavy atom. The Morgan fingerprint density at radius 2 is 1.76 bits per heavy atom. The van der Waals surface area contributed by atoms with Crippen LogP contribution in [-0.4, -0.2) is 18.8 Å². The van der Waals surface area contributed by atoms with Crippen molar-refractivity contribution in [3.05, 3.63) is 29.8 Å². The third-order valence-corrected chi connectivity index (χ3v) is 3.79. The van der Waals surface area contributed by atoms with Gasteiger partial charge in [-0.3, -0.25) is 0 Å². The van der Waals surface area contributed by atoms with Crippen LogP contribution < -0.4 is 5.32 Å². The molecule has 0 fully saturated rings. The molecule has 0 aliphatic carbocycles. The number of benzene rings is 1. The number of thioether (sulfide) groups is 1. The summed E-state index contributed by atoms with van der Waals surface area (Å²) in [7, 11) is 0. The zero-order valence-corrected chi connectivity index (χ0v) is 12.0. The molecule has 17 heavy (non-hydrogen) atoms. The Labute approximate surface area is 110 Å². The van der Waals surface area contributed by atoms with E-state index in [0.29, 0.717) is 0 Å². The standard InChI is InChI=1S/C15H25NS/c1-3-4-5-6-11-16-12-13-17-15-9-7-14(2)8-10-15/h7-10,16H,3-6,11-13H2,1-2H3. The van der Waals surface area contributed by atoms with E-state index in [1.807, 2.05) is 11.8 Å². The molecule has 1 aromatic rings. The summed E-state index contributed by atoms with van der Waals surface area (Å²) in [6.45, 7) is 6.68. The summed E-state index contributed by atoms with van der Waals surface area (Å²) in [5.41, 5.74) is 1.34. The summed E-state index contributed by atoms with van der Waals surface area (Å²) in [4.78, 5) is 1.38. The maximum atomic E-state index is 3.51. The maximum absolute atomic E-state index is 3.51. The molecule has 0 amide bonds. The first-order valence-corrected chi connectivity index (χ1v) is 7.71. The van der Waals surface area contributed by atoms with E-state index < -0.39 is 0 Å². The number of unbranched alkanes of at least 4 members (excludes halogenated alkanes) is 3. The van der Waals surface area contributed by atoms with Gasteiger partial charge in [0, 0.05) is 17.2 Å². The fourth-order valence-electron chi connectivity index (χ4n) is 1.68. The van der Waals surface area contributed by atoms with Crippen molar-refractivity contribution < 1.29 is 0 Å². The van der Waals surface area contributed by atoms with E-state index in [9.17, 15) is 0 Å². The summed E-state index contributed by atoms with van der Waals surface area (Å²) in [6.07, 6.45) is 5.39. The lowest BCUT2D eigenvalue weighted by molar-refractivity contribution is 0.613. The molecule has 0 bridgehead atoms. The van der Waals surface area contributed by atoms with E-state index in [0.717, 1.165) is 12.3 Å².